The number of hydrogen-bond donors (Lipinski definition) is 1. The molecule has 2 atom stereocenters. The van der Waals surface area contributed by atoms with Crippen molar-refractivity contribution >= 4 is 12.0 Å². The summed E-state index contributed by atoms with van der Waals surface area (Å²) in [6, 6.07) is 7.72. The third-order valence-corrected chi connectivity index (χ3v) is 3.04. The summed E-state index contributed by atoms with van der Waals surface area (Å²) in [5.41, 5.74) is 1.94. The fourth-order valence-electron chi connectivity index (χ4n) is 2.10. The Morgan fingerprint density at radius 2 is 2.12 bits per heavy atom. The van der Waals surface area contributed by atoms with Crippen molar-refractivity contribution in [2.24, 2.45) is 0 Å². The summed E-state index contributed by atoms with van der Waals surface area (Å²) in [6.45, 7) is 3.75. The molecule has 0 amide bonds. The smallest absolute Gasteiger partial charge is 0.335 e. The molecule has 1 aliphatic heterocycles. The van der Waals surface area contributed by atoms with E-state index in [1.807, 2.05) is 24.3 Å². The Morgan fingerprint density at radius 3 is 2.88 bits per heavy atom. The molecule has 90 valence electrons. The molecule has 1 aliphatic rings. The van der Waals surface area contributed by atoms with Crippen molar-refractivity contribution in [3.63, 3.8) is 0 Å². The summed E-state index contributed by atoms with van der Waals surface area (Å²) in [4.78, 5) is 11.5. The topological polar surface area (TPSA) is 46.5 Å². The van der Waals surface area contributed by atoms with Gasteiger partial charge in [-0.2, -0.15) is 0 Å². The lowest BCUT2D eigenvalue weighted by atomic mass is 9.98. The summed E-state index contributed by atoms with van der Waals surface area (Å²) < 4.78 is 5.32. The quantitative estimate of drug-likeness (QED) is 0.797. The van der Waals surface area contributed by atoms with E-state index < -0.39 is 12.1 Å². The van der Waals surface area contributed by atoms with Crippen LogP contribution in [0, 0.1) is 0 Å². The summed E-state index contributed by atoms with van der Waals surface area (Å²) in [5, 5.41) is 9.45. The number of aliphatic hydroxyl groups excluding tert-OH is 1. The Labute approximate surface area is 101 Å². The maximum atomic E-state index is 11.5. The first-order chi connectivity index (χ1) is 8.22. The molecule has 1 aromatic carbocycles. The zero-order valence-electron chi connectivity index (χ0n) is 9.63. The van der Waals surface area contributed by atoms with Gasteiger partial charge in [-0.3, -0.25) is 0 Å². The van der Waals surface area contributed by atoms with Crippen molar-refractivity contribution in [1.82, 2.24) is 0 Å². The van der Waals surface area contributed by atoms with Crippen LogP contribution in [0.1, 0.15) is 36.5 Å². The van der Waals surface area contributed by atoms with E-state index >= 15 is 0 Å². The first-order valence-electron chi connectivity index (χ1n) is 5.82. The van der Waals surface area contributed by atoms with Gasteiger partial charge in [0.2, 0.25) is 0 Å². The maximum Gasteiger partial charge on any atom is 0.335 e. The van der Waals surface area contributed by atoms with Crippen LogP contribution >= 0.6 is 0 Å². The second-order valence-electron chi connectivity index (χ2n) is 4.21. The monoisotopic (exact) mass is 232 g/mol. The normalized spacial score (nSPS) is 24.9. The first kappa shape index (κ1) is 11.9. The van der Waals surface area contributed by atoms with E-state index in [4.69, 9.17) is 4.74 Å². The lowest BCUT2D eigenvalue weighted by molar-refractivity contribution is -0.157. The van der Waals surface area contributed by atoms with E-state index in [1.54, 1.807) is 6.08 Å². The number of hydrogen-bond acceptors (Lipinski definition) is 3. The highest BCUT2D eigenvalue weighted by Crippen LogP contribution is 2.30. The molecule has 0 aromatic heterocycles. The van der Waals surface area contributed by atoms with Crippen molar-refractivity contribution < 1.29 is 14.6 Å². The van der Waals surface area contributed by atoms with Crippen LogP contribution in [0.3, 0.4) is 0 Å². The average molecular weight is 232 g/mol. The van der Waals surface area contributed by atoms with Crippen LogP contribution in [0.25, 0.3) is 6.08 Å². The molecule has 3 heteroatoms. The van der Waals surface area contributed by atoms with Crippen molar-refractivity contribution in [2.45, 2.75) is 31.5 Å². The number of rotatable bonds is 2. The average Bonchev–Trinajstić information content (AvgIpc) is 2.52. The number of ether oxygens (including phenoxy) is 1. The maximum absolute atomic E-state index is 11.5. The van der Waals surface area contributed by atoms with Crippen LogP contribution in [0.5, 0.6) is 0 Å². The van der Waals surface area contributed by atoms with Crippen LogP contribution in [-0.4, -0.2) is 17.2 Å². The predicted octanol–water partition coefficient (Wildman–Crippen LogP) is 2.46. The SMILES string of the molecule is C=Cc1ccccc1C1CCCC(O)C(=O)O1. The van der Waals surface area contributed by atoms with E-state index in [0.717, 1.165) is 24.0 Å². The fourth-order valence-corrected chi connectivity index (χ4v) is 2.10. The first-order valence-corrected chi connectivity index (χ1v) is 5.82. The van der Waals surface area contributed by atoms with Gasteiger partial charge in [0.25, 0.3) is 0 Å². The minimum atomic E-state index is -0.976. The fraction of sp³-hybridized carbons (Fsp3) is 0.357. The Balaban J connectivity index is 2.26. The molecule has 2 unspecified atom stereocenters. The molecule has 1 heterocycles. The van der Waals surface area contributed by atoms with Crippen LogP contribution in [0.15, 0.2) is 30.8 Å². The predicted molar refractivity (Wildman–Crippen MR) is 65.2 cm³/mol. The Bertz CT molecular complexity index is 425. The van der Waals surface area contributed by atoms with Crippen molar-refractivity contribution in [3.8, 4) is 0 Å². The third-order valence-electron chi connectivity index (χ3n) is 3.04. The summed E-state index contributed by atoms with van der Waals surface area (Å²) in [5.74, 6) is -0.522. The standard InChI is InChI=1S/C14H16O3/c1-2-10-6-3-4-7-11(10)13-9-5-8-12(15)14(16)17-13/h2-4,6-7,12-13,15H,1,5,8-9H2. The van der Waals surface area contributed by atoms with Crippen LogP contribution in [-0.2, 0) is 9.53 Å². The van der Waals surface area contributed by atoms with Crippen molar-refractivity contribution in [3.05, 3.63) is 42.0 Å². The molecule has 0 bridgehead atoms. The highest BCUT2D eigenvalue weighted by molar-refractivity contribution is 5.75. The molecule has 1 aromatic rings. The Kier molecular flexibility index (Phi) is 3.59. The minimum Gasteiger partial charge on any atom is -0.456 e. The Morgan fingerprint density at radius 1 is 1.35 bits per heavy atom. The highest BCUT2D eigenvalue weighted by atomic mass is 16.6. The molecule has 0 aliphatic carbocycles. The number of cyclic esters (lactones) is 1. The second-order valence-corrected chi connectivity index (χ2v) is 4.21. The third kappa shape index (κ3) is 2.56. The molecule has 0 saturated carbocycles. The summed E-state index contributed by atoms with van der Waals surface area (Å²) in [7, 11) is 0. The van der Waals surface area contributed by atoms with Gasteiger partial charge in [-0.25, -0.2) is 4.79 Å². The van der Waals surface area contributed by atoms with Gasteiger partial charge in [-0.05, 0) is 30.4 Å². The highest BCUT2D eigenvalue weighted by Gasteiger charge is 2.27. The number of carbonyl (C=O) groups excluding carboxylic acids is 1. The molecule has 1 fully saturated rings. The van der Waals surface area contributed by atoms with Gasteiger partial charge < -0.3 is 9.84 Å². The molecule has 1 N–H and O–H groups in total. The molecule has 2 rings (SSSR count). The van der Waals surface area contributed by atoms with E-state index in [0.29, 0.717) is 6.42 Å². The van der Waals surface area contributed by atoms with Crippen molar-refractivity contribution in [2.75, 3.05) is 0 Å². The number of benzene rings is 1. The molecular weight excluding hydrogens is 216 g/mol. The zero-order chi connectivity index (χ0) is 12.3. The Hall–Kier alpha value is -1.61. The van der Waals surface area contributed by atoms with E-state index in [9.17, 15) is 9.90 Å². The van der Waals surface area contributed by atoms with E-state index in [-0.39, 0.29) is 6.10 Å². The molecule has 0 spiro atoms. The van der Waals surface area contributed by atoms with Gasteiger partial charge in [0.05, 0.1) is 0 Å². The molecular formula is C14H16O3. The summed E-state index contributed by atoms with van der Waals surface area (Å²) >= 11 is 0. The van der Waals surface area contributed by atoms with Gasteiger partial charge in [0, 0.05) is 0 Å². The van der Waals surface area contributed by atoms with Crippen LogP contribution < -0.4 is 0 Å². The van der Waals surface area contributed by atoms with Crippen molar-refractivity contribution in [1.29, 1.82) is 0 Å². The second kappa shape index (κ2) is 5.15. The molecule has 17 heavy (non-hydrogen) atoms. The van der Waals surface area contributed by atoms with Crippen LogP contribution in [0.4, 0.5) is 0 Å². The van der Waals surface area contributed by atoms with Gasteiger partial charge in [0.1, 0.15) is 6.10 Å². The van der Waals surface area contributed by atoms with Gasteiger partial charge in [-0.1, -0.05) is 36.9 Å². The van der Waals surface area contributed by atoms with Crippen LogP contribution in [0.2, 0.25) is 0 Å². The number of aliphatic hydroxyl groups is 1. The lowest BCUT2D eigenvalue weighted by Crippen LogP contribution is -2.21. The van der Waals surface area contributed by atoms with E-state index in [2.05, 4.69) is 6.58 Å². The minimum absolute atomic E-state index is 0.270. The van der Waals surface area contributed by atoms with E-state index in [1.165, 1.54) is 0 Å². The van der Waals surface area contributed by atoms with Gasteiger partial charge >= 0.3 is 5.97 Å². The zero-order valence-corrected chi connectivity index (χ0v) is 9.63. The number of esters is 1. The van der Waals surface area contributed by atoms with Gasteiger partial charge in [-0.15, -0.1) is 0 Å². The molecule has 1 saturated heterocycles. The molecule has 0 radical (unpaired) electrons. The summed E-state index contributed by atoms with van der Waals surface area (Å²) in [6.07, 6.45) is 2.51. The number of carbonyl (C=O) groups is 1. The van der Waals surface area contributed by atoms with Gasteiger partial charge in [0.15, 0.2) is 6.10 Å². The largest absolute Gasteiger partial charge is 0.456 e. The lowest BCUT2D eigenvalue weighted by Gasteiger charge is -2.17. The molecule has 3 nitrogen and oxygen atoms in total.